The van der Waals surface area contributed by atoms with E-state index >= 15 is 0 Å². The number of nitrogens with zero attached hydrogens (tertiary/aromatic N) is 1. The standard InChI is InChI=1S/C14H10N2O4/c17-12-7-15-14(20)16(12)11-6-9-4-2-1-3-8(9)5-10(11)13(18)19/h1-6H,7H2,(H,15,20)(H,18,19). The maximum absolute atomic E-state index is 11.7. The number of carboxylic acids is 1. The van der Waals surface area contributed by atoms with Crippen LogP contribution in [-0.2, 0) is 4.79 Å². The number of amides is 3. The molecule has 1 fully saturated rings. The number of carbonyl (C=O) groups is 3. The molecule has 0 bridgehead atoms. The van der Waals surface area contributed by atoms with Gasteiger partial charge in [0.15, 0.2) is 0 Å². The number of urea groups is 1. The number of imide groups is 1. The van der Waals surface area contributed by atoms with E-state index in [1.165, 1.54) is 6.07 Å². The number of benzene rings is 2. The minimum absolute atomic E-state index is 0.0749. The van der Waals surface area contributed by atoms with Gasteiger partial charge in [0, 0.05) is 0 Å². The van der Waals surface area contributed by atoms with E-state index in [-0.39, 0.29) is 17.8 Å². The largest absolute Gasteiger partial charge is 0.478 e. The van der Waals surface area contributed by atoms with Gasteiger partial charge in [-0.1, -0.05) is 24.3 Å². The first kappa shape index (κ1) is 12.2. The monoisotopic (exact) mass is 270 g/mol. The Bertz CT molecular complexity index is 738. The number of anilines is 1. The lowest BCUT2D eigenvalue weighted by atomic mass is 10.0. The summed E-state index contributed by atoms with van der Waals surface area (Å²) in [4.78, 5) is 35.7. The maximum atomic E-state index is 11.7. The van der Waals surface area contributed by atoms with Crippen LogP contribution in [0.25, 0.3) is 10.8 Å². The van der Waals surface area contributed by atoms with Crippen LogP contribution in [0.2, 0.25) is 0 Å². The zero-order valence-electron chi connectivity index (χ0n) is 10.3. The van der Waals surface area contributed by atoms with Gasteiger partial charge in [-0.05, 0) is 22.9 Å². The number of rotatable bonds is 2. The molecule has 0 saturated carbocycles. The van der Waals surface area contributed by atoms with Gasteiger partial charge in [0.1, 0.15) is 0 Å². The number of hydrogen-bond acceptors (Lipinski definition) is 3. The molecule has 20 heavy (non-hydrogen) atoms. The molecule has 0 unspecified atom stereocenters. The van der Waals surface area contributed by atoms with Crippen molar-refractivity contribution in [3.63, 3.8) is 0 Å². The maximum Gasteiger partial charge on any atom is 0.337 e. The number of carboxylic acid groups (broad SMARTS) is 1. The zero-order valence-corrected chi connectivity index (χ0v) is 10.3. The molecule has 6 nitrogen and oxygen atoms in total. The van der Waals surface area contributed by atoms with E-state index in [0.717, 1.165) is 15.7 Å². The van der Waals surface area contributed by atoms with Crippen LogP contribution in [0.1, 0.15) is 10.4 Å². The summed E-state index contributed by atoms with van der Waals surface area (Å²) in [7, 11) is 0. The molecule has 6 heteroatoms. The highest BCUT2D eigenvalue weighted by Gasteiger charge is 2.33. The first-order valence-electron chi connectivity index (χ1n) is 5.95. The lowest BCUT2D eigenvalue weighted by Gasteiger charge is -2.16. The molecule has 1 aliphatic heterocycles. The SMILES string of the molecule is O=C(O)c1cc2ccccc2cc1N1C(=O)CNC1=O. The van der Waals surface area contributed by atoms with Gasteiger partial charge in [-0.25, -0.2) is 14.5 Å². The van der Waals surface area contributed by atoms with Crippen LogP contribution in [-0.4, -0.2) is 29.6 Å². The molecule has 0 spiro atoms. The molecule has 2 aromatic rings. The van der Waals surface area contributed by atoms with Gasteiger partial charge < -0.3 is 10.4 Å². The summed E-state index contributed by atoms with van der Waals surface area (Å²) < 4.78 is 0. The molecule has 2 aromatic carbocycles. The smallest absolute Gasteiger partial charge is 0.337 e. The first-order chi connectivity index (χ1) is 9.58. The Hall–Kier alpha value is -2.89. The van der Waals surface area contributed by atoms with Gasteiger partial charge in [-0.15, -0.1) is 0 Å². The summed E-state index contributed by atoms with van der Waals surface area (Å²) in [5, 5.41) is 13.2. The van der Waals surface area contributed by atoms with E-state index in [2.05, 4.69) is 5.32 Å². The third-order valence-corrected chi connectivity index (χ3v) is 3.18. The quantitative estimate of drug-likeness (QED) is 0.811. The van der Waals surface area contributed by atoms with Gasteiger partial charge in [0.05, 0.1) is 17.8 Å². The average Bonchev–Trinajstić information content (AvgIpc) is 2.76. The summed E-state index contributed by atoms with van der Waals surface area (Å²) in [6, 6.07) is 9.57. The Morgan fingerprint density at radius 1 is 1.15 bits per heavy atom. The topological polar surface area (TPSA) is 86.7 Å². The highest BCUT2D eigenvalue weighted by molar-refractivity contribution is 6.22. The molecule has 100 valence electrons. The molecular formula is C14H10N2O4. The fraction of sp³-hybridized carbons (Fsp3) is 0.0714. The number of aromatic carboxylic acids is 1. The Labute approximate surface area is 113 Å². The molecular weight excluding hydrogens is 260 g/mol. The third kappa shape index (κ3) is 1.78. The van der Waals surface area contributed by atoms with Crippen molar-refractivity contribution in [1.82, 2.24) is 5.32 Å². The third-order valence-electron chi connectivity index (χ3n) is 3.18. The second kappa shape index (κ2) is 4.34. The predicted molar refractivity (Wildman–Crippen MR) is 71.8 cm³/mol. The molecule has 0 radical (unpaired) electrons. The predicted octanol–water partition coefficient (Wildman–Crippen LogP) is 1.59. The van der Waals surface area contributed by atoms with E-state index in [0.29, 0.717) is 0 Å². The van der Waals surface area contributed by atoms with Crippen LogP contribution in [0, 0.1) is 0 Å². The van der Waals surface area contributed by atoms with Gasteiger partial charge in [0.25, 0.3) is 5.91 Å². The summed E-state index contributed by atoms with van der Waals surface area (Å²) in [5.41, 5.74) is 0.0188. The molecule has 3 amide bonds. The lowest BCUT2D eigenvalue weighted by molar-refractivity contribution is -0.115. The number of nitrogens with one attached hydrogen (secondary N) is 1. The number of hydrogen-bond donors (Lipinski definition) is 2. The van der Waals surface area contributed by atoms with E-state index in [9.17, 15) is 19.5 Å². The van der Waals surface area contributed by atoms with Crippen molar-refractivity contribution in [2.45, 2.75) is 0 Å². The highest BCUT2D eigenvalue weighted by Crippen LogP contribution is 2.28. The fourth-order valence-electron chi connectivity index (χ4n) is 2.25. The van der Waals surface area contributed by atoms with Crippen molar-refractivity contribution in [3.8, 4) is 0 Å². The second-order valence-electron chi connectivity index (χ2n) is 4.41. The summed E-state index contributed by atoms with van der Waals surface area (Å²) in [5.74, 6) is -1.65. The van der Waals surface area contributed by atoms with Crippen LogP contribution >= 0.6 is 0 Å². The zero-order chi connectivity index (χ0) is 14.3. The van der Waals surface area contributed by atoms with E-state index in [1.807, 2.05) is 0 Å². The van der Waals surface area contributed by atoms with Gasteiger partial charge in [0.2, 0.25) is 0 Å². The highest BCUT2D eigenvalue weighted by atomic mass is 16.4. The molecule has 3 rings (SSSR count). The molecule has 1 saturated heterocycles. The van der Waals surface area contributed by atoms with Crippen LogP contribution in [0.4, 0.5) is 10.5 Å². The summed E-state index contributed by atoms with van der Waals surface area (Å²) in [6.07, 6.45) is 0. The minimum atomic E-state index is -1.18. The van der Waals surface area contributed by atoms with Crippen LogP contribution in [0.3, 0.4) is 0 Å². The van der Waals surface area contributed by atoms with E-state index in [4.69, 9.17) is 0 Å². The average molecular weight is 270 g/mol. The van der Waals surface area contributed by atoms with Crippen molar-refractivity contribution in [1.29, 1.82) is 0 Å². The second-order valence-corrected chi connectivity index (χ2v) is 4.41. The molecule has 1 heterocycles. The van der Waals surface area contributed by atoms with E-state index < -0.39 is 17.9 Å². The number of fused-ring (bicyclic) bond motifs is 1. The molecule has 0 aliphatic carbocycles. The van der Waals surface area contributed by atoms with Crippen molar-refractivity contribution in [2.75, 3.05) is 11.4 Å². The van der Waals surface area contributed by atoms with Gasteiger partial charge in [-0.2, -0.15) is 0 Å². The summed E-state index contributed by atoms with van der Waals surface area (Å²) >= 11 is 0. The van der Waals surface area contributed by atoms with Crippen LogP contribution in [0.15, 0.2) is 36.4 Å². The number of carbonyl (C=O) groups excluding carboxylic acids is 2. The molecule has 0 atom stereocenters. The molecule has 2 N–H and O–H groups in total. The van der Waals surface area contributed by atoms with Crippen molar-refractivity contribution in [3.05, 3.63) is 42.0 Å². The van der Waals surface area contributed by atoms with E-state index in [1.54, 1.807) is 30.3 Å². The van der Waals surface area contributed by atoms with Crippen LogP contribution in [0.5, 0.6) is 0 Å². The molecule has 1 aliphatic rings. The van der Waals surface area contributed by atoms with Gasteiger partial charge in [-0.3, -0.25) is 4.79 Å². The Morgan fingerprint density at radius 2 is 1.80 bits per heavy atom. The Balaban J connectivity index is 2.27. The normalized spacial score (nSPS) is 14.7. The van der Waals surface area contributed by atoms with Crippen molar-refractivity contribution >= 4 is 34.4 Å². The minimum Gasteiger partial charge on any atom is -0.478 e. The first-order valence-corrected chi connectivity index (χ1v) is 5.95. The fourth-order valence-corrected chi connectivity index (χ4v) is 2.25. The van der Waals surface area contributed by atoms with Crippen molar-refractivity contribution < 1.29 is 19.5 Å². The van der Waals surface area contributed by atoms with Crippen molar-refractivity contribution in [2.24, 2.45) is 0 Å². The lowest BCUT2D eigenvalue weighted by Crippen LogP contribution is -2.32. The Morgan fingerprint density at radius 3 is 2.35 bits per heavy atom. The van der Waals surface area contributed by atoms with Gasteiger partial charge >= 0.3 is 12.0 Å². The Kier molecular flexibility index (Phi) is 2.64. The summed E-state index contributed by atoms with van der Waals surface area (Å²) in [6.45, 7) is -0.120. The van der Waals surface area contributed by atoms with Crippen LogP contribution < -0.4 is 10.2 Å². The molecule has 0 aromatic heterocycles.